The molecule has 0 fully saturated rings. The Balaban J connectivity index is 0.00000324. The number of hydrogen-bond acceptors (Lipinski definition) is 5. The number of phenolic OH excluding ortho intramolecular Hbond substituents is 1. The van der Waals surface area contributed by atoms with Crippen LogP contribution in [0.3, 0.4) is 0 Å². The number of non-ortho nitro benzene ring substituents is 1. The zero-order chi connectivity index (χ0) is 14.1. The molecule has 6 nitrogen and oxygen atoms in total. The lowest BCUT2D eigenvalue weighted by molar-refractivity contribution is -0.385. The van der Waals surface area contributed by atoms with Crippen LogP contribution in [-0.4, -0.2) is 27.4 Å². The number of hydrogen-bond donors (Lipinski definition) is 3. The van der Waals surface area contributed by atoms with E-state index in [1.165, 1.54) is 0 Å². The fraction of sp³-hybridized carbons (Fsp3) is 0.333. The second-order valence-corrected chi connectivity index (χ2v) is 3.51. The molecule has 0 aliphatic rings. The third kappa shape index (κ3) is 3.94. The highest BCUT2D eigenvalue weighted by molar-refractivity contribution is 5.85. The molecule has 10 heteroatoms. The second kappa shape index (κ2) is 6.04. The molecule has 0 saturated carbocycles. The molecule has 0 spiro atoms. The molecule has 19 heavy (non-hydrogen) atoms. The lowest BCUT2D eigenvalue weighted by Gasteiger charge is -2.22. The minimum Gasteiger partial charge on any atom is -0.508 e. The molecular formula is C9H10ClF3N2O4. The van der Waals surface area contributed by atoms with Gasteiger partial charge in [0.15, 0.2) is 6.10 Å². The summed E-state index contributed by atoms with van der Waals surface area (Å²) in [7, 11) is 0. The largest absolute Gasteiger partial charge is 0.508 e. The first-order valence-corrected chi connectivity index (χ1v) is 4.62. The van der Waals surface area contributed by atoms with Crippen molar-refractivity contribution in [1.82, 2.24) is 0 Å². The van der Waals surface area contributed by atoms with E-state index < -0.39 is 40.2 Å². The summed E-state index contributed by atoms with van der Waals surface area (Å²) in [5.41, 5.74) is 4.06. The topological polar surface area (TPSA) is 110 Å². The Labute approximate surface area is 111 Å². The first kappa shape index (κ1) is 17.4. The van der Waals surface area contributed by atoms with Crippen molar-refractivity contribution in [2.24, 2.45) is 5.73 Å². The monoisotopic (exact) mass is 302 g/mol. The Morgan fingerprint density at radius 2 is 1.89 bits per heavy atom. The Bertz CT molecular complexity index is 469. The molecule has 0 aliphatic carbocycles. The van der Waals surface area contributed by atoms with Crippen LogP contribution in [0.1, 0.15) is 11.6 Å². The number of nitro groups is 1. The Kier molecular flexibility index (Phi) is 5.54. The first-order chi connectivity index (χ1) is 8.14. The van der Waals surface area contributed by atoms with Gasteiger partial charge < -0.3 is 15.9 Å². The lowest BCUT2D eigenvalue weighted by Crippen LogP contribution is -2.38. The summed E-state index contributed by atoms with van der Waals surface area (Å²) in [6, 6.07) is 0.432. The molecule has 0 bridgehead atoms. The van der Waals surface area contributed by atoms with Gasteiger partial charge in [-0.1, -0.05) is 0 Å². The van der Waals surface area contributed by atoms with Gasteiger partial charge >= 0.3 is 6.18 Å². The fourth-order valence-corrected chi connectivity index (χ4v) is 1.30. The molecule has 0 aliphatic heterocycles. The van der Waals surface area contributed by atoms with Crippen LogP contribution in [0, 0.1) is 10.1 Å². The molecule has 0 saturated heterocycles. The Morgan fingerprint density at radius 3 is 2.32 bits per heavy atom. The molecule has 0 aromatic heterocycles. The van der Waals surface area contributed by atoms with Gasteiger partial charge in [0.1, 0.15) is 5.75 Å². The van der Waals surface area contributed by atoms with Crippen LogP contribution in [0.4, 0.5) is 18.9 Å². The van der Waals surface area contributed by atoms with Gasteiger partial charge in [0, 0.05) is 17.7 Å². The third-order valence-electron chi connectivity index (χ3n) is 2.26. The number of nitro benzene ring substituents is 1. The molecular weight excluding hydrogens is 293 g/mol. The number of rotatable bonds is 3. The van der Waals surface area contributed by atoms with Crippen molar-refractivity contribution in [2.75, 3.05) is 0 Å². The third-order valence-corrected chi connectivity index (χ3v) is 2.26. The van der Waals surface area contributed by atoms with E-state index in [0.29, 0.717) is 6.07 Å². The van der Waals surface area contributed by atoms with Gasteiger partial charge in [-0.3, -0.25) is 10.1 Å². The maximum atomic E-state index is 12.2. The molecule has 0 amide bonds. The maximum absolute atomic E-state index is 12.2. The van der Waals surface area contributed by atoms with E-state index in [2.05, 4.69) is 0 Å². The van der Waals surface area contributed by atoms with Crippen LogP contribution in [0.25, 0.3) is 0 Å². The van der Waals surface area contributed by atoms with E-state index in [1.807, 2.05) is 0 Å². The smallest absolute Gasteiger partial charge is 0.416 e. The summed E-state index contributed by atoms with van der Waals surface area (Å²) in [4.78, 5) is 9.60. The normalized spacial score (nSPS) is 14.4. The zero-order valence-electron chi connectivity index (χ0n) is 9.16. The summed E-state index contributed by atoms with van der Waals surface area (Å²) < 4.78 is 36.7. The number of phenols is 1. The molecule has 1 rings (SSSR count). The van der Waals surface area contributed by atoms with Gasteiger partial charge in [-0.2, -0.15) is 13.2 Å². The predicted octanol–water partition coefficient (Wildman–Crippen LogP) is 1.65. The Morgan fingerprint density at radius 1 is 1.37 bits per heavy atom. The van der Waals surface area contributed by atoms with Crippen LogP contribution in [0.5, 0.6) is 5.75 Å². The molecule has 4 N–H and O–H groups in total. The van der Waals surface area contributed by atoms with E-state index in [-0.39, 0.29) is 12.4 Å². The molecule has 2 atom stereocenters. The van der Waals surface area contributed by atoms with Crippen LogP contribution in [0.2, 0.25) is 0 Å². The van der Waals surface area contributed by atoms with Gasteiger partial charge in [-0.15, -0.1) is 12.4 Å². The van der Waals surface area contributed by atoms with Crippen LogP contribution >= 0.6 is 12.4 Å². The molecule has 0 heterocycles. The maximum Gasteiger partial charge on any atom is 0.416 e. The summed E-state index contributed by atoms with van der Waals surface area (Å²) in [5.74, 6) is -0.656. The van der Waals surface area contributed by atoms with Gasteiger partial charge in [-0.05, 0) is 6.07 Å². The fourth-order valence-electron chi connectivity index (χ4n) is 1.30. The van der Waals surface area contributed by atoms with E-state index in [4.69, 9.17) is 10.8 Å². The summed E-state index contributed by atoms with van der Waals surface area (Å²) >= 11 is 0. The van der Waals surface area contributed by atoms with Gasteiger partial charge in [0.2, 0.25) is 0 Å². The van der Waals surface area contributed by atoms with Crippen molar-refractivity contribution in [1.29, 1.82) is 0 Å². The number of aliphatic hydroxyl groups excluding tert-OH is 1. The number of aromatic hydroxyl groups is 1. The van der Waals surface area contributed by atoms with Crippen molar-refractivity contribution < 1.29 is 28.3 Å². The number of alkyl halides is 3. The second-order valence-electron chi connectivity index (χ2n) is 3.51. The minimum absolute atomic E-state index is 0. The van der Waals surface area contributed by atoms with Gasteiger partial charge in [0.25, 0.3) is 5.69 Å². The number of nitrogens with two attached hydrogens (primary N) is 1. The molecule has 1 aromatic carbocycles. The van der Waals surface area contributed by atoms with E-state index >= 15 is 0 Å². The highest BCUT2D eigenvalue weighted by Gasteiger charge is 2.43. The highest BCUT2D eigenvalue weighted by Crippen LogP contribution is 2.34. The number of benzene rings is 1. The zero-order valence-corrected chi connectivity index (χ0v) is 9.98. The molecule has 1 aromatic rings. The van der Waals surface area contributed by atoms with Crippen molar-refractivity contribution >= 4 is 18.1 Å². The van der Waals surface area contributed by atoms with E-state index in [0.717, 1.165) is 12.1 Å². The van der Waals surface area contributed by atoms with Crippen LogP contribution in [-0.2, 0) is 0 Å². The van der Waals surface area contributed by atoms with Crippen LogP contribution in [0.15, 0.2) is 18.2 Å². The summed E-state index contributed by atoms with van der Waals surface area (Å²) in [5, 5.41) is 28.7. The molecule has 0 radical (unpaired) electrons. The number of halogens is 4. The average molecular weight is 303 g/mol. The lowest BCUT2D eigenvalue weighted by atomic mass is 10.0. The average Bonchev–Trinajstić information content (AvgIpc) is 2.26. The Hall–Kier alpha value is -1.58. The van der Waals surface area contributed by atoms with E-state index in [1.54, 1.807) is 0 Å². The van der Waals surface area contributed by atoms with Crippen molar-refractivity contribution in [3.05, 3.63) is 33.9 Å². The van der Waals surface area contributed by atoms with Crippen molar-refractivity contribution in [3.8, 4) is 5.75 Å². The molecule has 108 valence electrons. The van der Waals surface area contributed by atoms with Crippen LogP contribution < -0.4 is 5.73 Å². The number of nitrogens with zero attached hydrogens (tertiary/aromatic N) is 1. The standard InChI is InChI=1S/C9H9F3N2O4.ClH/c10-9(11,12)8(16)7(13)5-3-4(14(17)18)1-2-6(5)15;/h1-3,7-8,15-16H,13H2;1H/t7-,8-;/m1./s1. The SMILES string of the molecule is Cl.N[C@H](c1cc([N+](=O)[O-])ccc1O)[C@@H](O)C(F)(F)F. The van der Waals surface area contributed by atoms with Crippen molar-refractivity contribution in [2.45, 2.75) is 18.3 Å². The quantitative estimate of drug-likeness (QED) is 0.581. The van der Waals surface area contributed by atoms with Gasteiger partial charge in [0.05, 0.1) is 11.0 Å². The van der Waals surface area contributed by atoms with E-state index in [9.17, 15) is 28.4 Å². The van der Waals surface area contributed by atoms with Gasteiger partial charge in [-0.25, -0.2) is 0 Å². The minimum atomic E-state index is -4.99. The highest BCUT2D eigenvalue weighted by atomic mass is 35.5. The number of aliphatic hydroxyl groups is 1. The summed E-state index contributed by atoms with van der Waals surface area (Å²) in [6.07, 6.45) is -7.92. The first-order valence-electron chi connectivity index (χ1n) is 4.62. The van der Waals surface area contributed by atoms with Crippen molar-refractivity contribution in [3.63, 3.8) is 0 Å². The molecule has 0 unspecified atom stereocenters. The summed E-state index contributed by atoms with van der Waals surface area (Å²) in [6.45, 7) is 0. The predicted molar refractivity (Wildman–Crippen MR) is 61.0 cm³/mol.